The predicted molar refractivity (Wildman–Crippen MR) is 151 cm³/mol. The number of nitrogens with zero attached hydrogens (tertiary/aromatic N) is 4. The number of rotatable bonds is 6. The van der Waals surface area contributed by atoms with E-state index < -0.39 is 0 Å². The molecule has 3 aromatic carbocycles. The molecule has 36 heavy (non-hydrogen) atoms. The van der Waals surface area contributed by atoms with Crippen LogP contribution in [0.25, 0.3) is 28.1 Å². The van der Waals surface area contributed by atoms with E-state index in [1.54, 1.807) is 0 Å². The summed E-state index contributed by atoms with van der Waals surface area (Å²) in [6, 6.07) is 33.4. The van der Waals surface area contributed by atoms with E-state index in [0.717, 1.165) is 57.9 Å². The molecule has 1 N–H and O–H groups in total. The number of para-hydroxylation sites is 4. The van der Waals surface area contributed by atoms with Crippen molar-refractivity contribution in [3.8, 4) is 17.1 Å². The van der Waals surface area contributed by atoms with Crippen molar-refractivity contribution in [2.75, 3.05) is 31.5 Å². The number of anilines is 2. The Labute approximate surface area is 217 Å². The average Bonchev–Trinajstić information content (AvgIpc) is 3.42. The highest BCUT2D eigenvalue weighted by atomic mass is 35.5. The Morgan fingerprint density at radius 1 is 0.806 bits per heavy atom. The van der Waals surface area contributed by atoms with Gasteiger partial charge in [0.25, 0.3) is 0 Å². The Morgan fingerprint density at radius 2 is 1.50 bits per heavy atom. The highest BCUT2D eigenvalue weighted by Gasteiger charge is 2.17. The Balaban J connectivity index is 0.00000267. The molecule has 1 aliphatic carbocycles. The standard InChI is InChI=1S/C30H29N5.ClH/c1-3-11-23(12-4-1)32-27-21-28-30(22-26(27)31-17-20-34-18-9-10-19-34)35(24-13-5-2-6-14-24)29-16-8-7-15-25(29)33-28;/h1-8,11-16,21-22,32H,9-10,17-20H2;1H. The van der Waals surface area contributed by atoms with Gasteiger partial charge in [0, 0.05) is 17.9 Å². The summed E-state index contributed by atoms with van der Waals surface area (Å²) in [6.07, 6.45) is 2.60. The summed E-state index contributed by atoms with van der Waals surface area (Å²) in [6.45, 7) is 4.15. The number of benzene rings is 4. The molecule has 2 aliphatic heterocycles. The lowest BCUT2D eigenvalue weighted by molar-refractivity contribution is 0.348. The zero-order chi connectivity index (χ0) is 23.5. The first-order valence-electron chi connectivity index (χ1n) is 12.4. The van der Waals surface area contributed by atoms with Gasteiger partial charge in [0.05, 0.1) is 40.0 Å². The summed E-state index contributed by atoms with van der Waals surface area (Å²) in [5, 5.41) is 4.55. The minimum absolute atomic E-state index is 0. The van der Waals surface area contributed by atoms with Crippen LogP contribution in [0.1, 0.15) is 12.8 Å². The number of fused-ring (bicyclic) bond motifs is 2. The first-order valence-corrected chi connectivity index (χ1v) is 12.4. The van der Waals surface area contributed by atoms with Gasteiger partial charge < -0.3 is 14.8 Å². The predicted octanol–water partition coefficient (Wildman–Crippen LogP) is 6.29. The molecule has 0 saturated carbocycles. The van der Waals surface area contributed by atoms with Crippen LogP contribution in [0, 0.1) is 0 Å². The highest BCUT2D eigenvalue weighted by molar-refractivity contribution is 5.85. The second-order valence-corrected chi connectivity index (χ2v) is 9.05. The van der Waals surface area contributed by atoms with E-state index in [1.165, 1.54) is 25.9 Å². The molecule has 3 aliphatic rings. The second kappa shape index (κ2) is 10.9. The maximum absolute atomic E-state index is 5.09. The van der Waals surface area contributed by atoms with E-state index in [9.17, 15) is 0 Å². The van der Waals surface area contributed by atoms with Crippen LogP contribution in [0.5, 0.6) is 0 Å². The maximum Gasteiger partial charge on any atom is 0.0900 e. The molecular formula is C30H30ClN5. The number of hydrogen-bond acceptors (Lipinski definition) is 4. The van der Waals surface area contributed by atoms with Gasteiger partial charge in [0.15, 0.2) is 0 Å². The molecule has 0 unspecified atom stereocenters. The lowest BCUT2D eigenvalue weighted by Gasteiger charge is -2.20. The van der Waals surface area contributed by atoms with Gasteiger partial charge >= 0.3 is 0 Å². The van der Waals surface area contributed by atoms with Gasteiger partial charge in [0.2, 0.25) is 0 Å². The van der Waals surface area contributed by atoms with Crippen molar-refractivity contribution in [2.24, 2.45) is 4.99 Å². The third kappa shape index (κ3) is 4.99. The van der Waals surface area contributed by atoms with Crippen molar-refractivity contribution in [3.63, 3.8) is 0 Å². The third-order valence-electron chi connectivity index (χ3n) is 6.66. The molecule has 6 heteroatoms. The lowest BCUT2D eigenvalue weighted by atomic mass is 10.1. The normalized spacial score (nSPS) is 14.3. The molecule has 3 aromatic rings. The van der Waals surface area contributed by atoms with E-state index >= 15 is 0 Å². The van der Waals surface area contributed by atoms with Crippen LogP contribution in [-0.4, -0.2) is 40.6 Å². The number of halogens is 1. The molecule has 0 spiro atoms. The summed E-state index contributed by atoms with van der Waals surface area (Å²) < 4.78 is 2.30. The Morgan fingerprint density at radius 3 is 2.28 bits per heavy atom. The minimum Gasteiger partial charge on any atom is -0.354 e. The zero-order valence-corrected chi connectivity index (χ0v) is 21.0. The largest absolute Gasteiger partial charge is 0.354 e. The minimum atomic E-state index is 0. The summed E-state index contributed by atoms with van der Waals surface area (Å²) in [4.78, 5) is 12.6. The molecule has 0 atom stereocenters. The van der Waals surface area contributed by atoms with Gasteiger partial charge in [-0.1, -0.05) is 48.5 Å². The van der Waals surface area contributed by atoms with Gasteiger partial charge in [-0.15, -0.1) is 12.4 Å². The van der Waals surface area contributed by atoms with Crippen LogP contribution >= 0.6 is 12.4 Å². The van der Waals surface area contributed by atoms with Crippen molar-refractivity contribution in [1.29, 1.82) is 0 Å². The molecule has 2 heterocycles. The number of likely N-dealkylation sites (tertiary alicyclic amines) is 1. The van der Waals surface area contributed by atoms with Crippen LogP contribution in [0.15, 0.2) is 102 Å². The van der Waals surface area contributed by atoms with Gasteiger partial charge in [-0.2, -0.15) is 0 Å². The summed E-state index contributed by atoms with van der Waals surface area (Å²) >= 11 is 0. The van der Waals surface area contributed by atoms with E-state index in [-0.39, 0.29) is 12.4 Å². The van der Waals surface area contributed by atoms with Gasteiger partial charge in [0.1, 0.15) is 0 Å². The van der Waals surface area contributed by atoms with Crippen molar-refractivity contribution < 1.29 is 0 Å². The summed E-state index contributed by atoms with van der Waals surface area (Å²) in [5.74, 6) is 0. The van der Waals surface area contributed by atoms with E-state index in [4.69, 9.17) is 9.98 Å². The Bertz CT molecular complexity index is 1470. The average molecular weight is 496 g/mol. The monoisotopic (exact) mass is 495 g/mol. The fraction of sp³-hybridized carbons (Fsp3) is 0.200. The maximum atomic E-state index is 5.09. The fourth-order valence-electron chi connectivity index (χ4n) is 4.92. The molecule has 6 rings (SSSR count). The van der Waals surface area contributed by atoms with Gasteiger partial charge in [-0.25, -0.2) is 4.98 Å². The Hall–Kier alpha value is -3.67. The first kappa shape index (κ1) is 24.0. The molecule has 182 valence electrons. The topological polar surface area (TPSA) is 45.5 Å². The van der Waals surface area contributed by atoms with Crippen molar-refractivity contribution >= 4 is 34.8 Å². The van der Waals surface area contributed by atoms with Crippen LogP contribution in [-0.2, 0) is 0 Å². The molecule has 0 amide bonds. The van der Waals surface area contributed by atoms with Crippen molar-refractivity contribution in [1.82, 2.24) is 14.5 Å². The number of nitrogens with one attached hydrogen (secondary N) is 1. The molecule has 1 fully saturated rings. The van der Waals surface area contributed by atoms with Crippen LogP contribution < -0.4 is 10.7 Å². The smallest absolute Gasteiger partial charge is 0.0900 e. The quantitative estimate of drug-likeness (QED) is 0.281. The van der Waals surface area contributed by atoms with E-state index in [2.05, 4.69) is 87.6 Å². The van der Waals surface area contributed by atoms with Crippen molar-refractivity contribution in [2.45, 2.75) is 12.8 Å². The molecular weight excluding hydrogens is 466 g/mol. The number of hydrogen-bond donors (Lipinski definition) is 1. The third-order valence-corrected chi connectivity index (χ3v) is 6.66. The SMILES string of the molecule is Cl.c1ccc(Nc2cc3nc4ccccc4n(-c4ccccc4)c-3cc2=NCCN2CCCC2)cc1. The van der Waals surface area contributed by atoms with Crippen LogP contribution in [0.2, 0.25) is 0 Å². The molecule has 5 nitrogen and oxygen atoms in total. The molecule has 0 aromatic heterocycles. The van der Waals surface area contributed by atoms with Gasteiger partial charge in [-0.3, -0.25) is 4.99 Å². The zero-order valence-electron chi connectivity index (χ0n) is 20.2. The lowest BCUT2D eigenvalue weighted by Crippen LogP contribution is -2.23. The van der Waals surface area contributed by atoms with Gasteiger partial charge in [-0.05, 0) is 74.5 Å². The molecule has 0 bridgehead atoms. The summed E-state index contributed by atoms with van der Waals surface area (Å²) in [5.41, 5.74) is 7.17. The highest BCUT2D eigenvalue weighted by Crippen LogP contribution is 2.30. The number of aromatic nitrogens is 2. The van der Waals surface area contributed by atoms with E-state index in [0.29, 0.717) is 0 Å². The summed E-state index contributed by atoms with van der Waals surface area (Å²) in [7, 11) is 0. The molecule has 1 saturated heterocycles. The van der Waals surface area contributed by atoms with Crippen LogP contribution in [0.4, 0.5) is 11.4 Å². The second-order valence-electron chi connectivity index (χ2n) is 9.05. The van der Waals surface area contributed by atoms with E-state index in [1.807, 2.05) is 24.3 Å². The fourth-order valence-corrected chi connectivity index (χ4v) is 4.92. The first-order chi connectivity index (χ1) is 17.3. The Kier molecular flexibility index (Phi) is 7.31. The molecule has 0 radical (unpaired) electrons. The van der Waals surface area contributed by atoms with Crippen molar-refractivity contribution in [3.05, 3.63) is 102 Å². The van der Waals surface area contributed by atoms with Crippen LogP contribution in [0.3, 0.4) is 0 Å².